The SMILES string of the molecule is CSC1CC2CCC(C1)N2S(=O)(=O)c1ccc(Cl)s1. The van der Waals surface area contributed by atoms with E-state index in [1.165, 1.54) is 0 Å². The Morgan fingerprint density at radius 1 is 1.32 bits per heavy atom. The van der Waals surface area contributed by atoms with Crippen LogP contribution in [0.4, 0.5) is 0 Å². The molecule has 0 aliphatic carbocycles. The molecule has 0 N–H and O–H groups in total. The van der Waals surface area contributed by atoms with Crippen molar-refractivity contribution in [2.24, 2.45) is 0 Å². The Hall–Kier alpha value is 0.250. The number of hydrogen-bond acceptors (Lipinski definition) is 4. The molecule has 2 bridgehead atoms. The molecule has 1 aromatic rings. The fraction of sp³-hybridized carbons (Fsp3) is 0.667. The summed E-state index contributed by atoms with van der Waals surface area (Å²) in [6, 6.07) is 3.65. The first-order valence-corrected chi connectivity index (χ1v) is 10.3. The van der Waals surface area contributed by atoms with Gasteiger partial charge in [0.05, 0.1) is 4.34 Å². The molecule has 2 fully saturated rings. The minimum absolute atomic E-state index is 0.182. The summed E-state index contributed by atoms with van der Waals surface area (Å²) in [7, 11) is -3.35. The largest absolute Gasteiger partial charge is 0.253 e. The summed E-state index contributed by atoms with van der Waals surface area (Å²) in [6.45, 7) is 0. The van der Waals surface area contributed by atoms with Crippen LogP contribution in [0.15, 0.2) is 16.3 Å². The van der Waals surface area contributed by atoms with Crippen LogP contribution in [0.25, 0.3) is 0 Å². The van der Waals surface area contributed by atoms with Crippen molar-refractivity contribution in [1.82, 2.24) is 4.31 Å². The monoisotopic (exact) mass is 337 g/mol. The summed E-state index contributed by atoms with van der Waals surface area (Å²) >= 11 is 8.89. The third-order valence-electron chi connectivity index (χ3n) is 4.04. The van der Waals surface area contributed by atoms with Crippen LogP contribution in [0.2, 0.25) is 4.34 Å². The number of halogens is 1. The molecule has 3 heterocycles. The number of hydrogen-bond donors (Lipinski definition) is 0. The maximum atomic E-state index is 12.7. The minimum atomic E-state index is -3.35. The highest BCUT2D eigenvalue weighted by Gasteiger charge is 2.47. The summed E-state index contributed by atoms with van der Waals surface area (Å²) in [5, 5.41) is 0.607. The molecule has 2 aliphatic rings. The van der Waals surface area contributed by atoms with Crippen molar-refractivity contribution in [2.75, 3.05) is 6.26 Å². The summed E-state index contributed by atoms with van der Waals surface area (Å²) in [6.07, 6.45) is 6.08. The summed E-state index contributed by atoms with van der Waals surface area (Å²) in [4.78, 5) is 0. The molecule has 2 saturated heterocycles. The third kappa shape index (κ3) is 2.46. The van der Waals surface area contributed by atoms with Crippen molar-refractivity contribution < 1.29 is 8.42 Å². The van der Waals surface area contributed by atoms with Gasteiger partial charge in [0, 0.05) is 17.3 Å². The number of rotatable bonds is 3. The number of thioether (sulfide) groups is 1. The van der Waals surface area contributed by atoms with Gasteiger partial charge in [0.15, 0.2) is 0 Å². The van der Waals surface area contributed by atoms with E-state index in [1.54, 1.807) is 16.4 Å². The molecule has 3 nitrogen and oxygen atoms in total. The van der Waals surface area contributed by atoms with Crippen LogP contribution in [0, 0.1) is 0 Å². The molecule has 7 heteroatoms. The van der Waals surface area contributed by atoms with Gasteiger partial charge in [-0.3, -0.25) is 0 Å². The quantitative estimate of drug-likeness (QED) is 0.847. The molecule has 0 spiro atoms. The average molecular weight is 338 g/mol. The number of sulfonamides is 1. The van der Waals surface area contributed by atoms with Crippen molar-refractivity contribution in [1.29, 1.82) is 0 Å². The van der Waals surface area contributed by atoms with Crippen LogP contribution in [0.1, 0.15) is 25.7 Å². The van der Waals surface area contributed by atoms with Crippen LogP contribution >= 0.6 is 34.7 Å². The first-order chi connectivity index (χ1) is 9.02. The molecule has 0 radical (unpaired) electrons. The third-order valence-corrected chi connectivity index (χ3v) is 8.79. The van der Waals surface area contributed by atoms with Gasteiger partial charge in [0.1, 0.15) is 4.21 Å². The number of nitrogens with zero attached hydrogens (tertiary/aromatic N) is 1. The Kier molecular flexibility index (Phi) is 3.90. The van der Waals surface area contributed by atoms with Gasteiger partial charge >= 0.3 is 0 Å². The fourth-order valence-corrected chi connectivity index (χ4v) is 7.52. The van der Waals surface area contributed by atoms with Crippen LogP contribution in [-0.4, -0.2) is 36.3 Å². The van der Waals surface area contributed by atoms with E-state index in [1.807, 2.05) is 11.8 Å². The molecule has 0 amide bonds. The Morgan fingerprint density at radius 2 is 1.95 bits per heavy atom. The number of fused-ring (bicyclic) bond motifs is 2. The second kappa shape index (κ2) is 5.22. The zero-order valence-corrected chi connectivity index (χ0v) is 13.8. The molecule has 1 aromatic heterocycles. The second-order valence-corrected chi connectivity index (χ2v) is 10.0. The van der Waals surface area contributed by atoms with E-state index in [-0.39, 0.29) is 12.1 Å². The first-order valence-electron chi connectivity index (χ1n) is 6.34. The van der Waals surface area contributed by atoms with Crippen molar-refractivity contribution >= 4 is 44.7 Å². The lowest BCUT2D eigenvalue weighted by atomic mass is 10.1. The molecule has 2 atom stereocenters. The van der Waals surface area contributed by atoms with Crippen molar-refractivity contribution in [3.05, 3.63) is 16.5 Å². The Balaban J connectivity index is 1.91. The predicted molar refractivity (Wildman–Crippen MR) is 81.7 cm³/mol. The topological polar surface area (TPSA) is 37.4 Å². The highest BCUT2D eigenvalue weighted by atomic mass is 35.5. The van der Waals surface area contributed by atoms with Gasteiger partial charge in [0.25, 0.3) is 10.0 Å². The second-order valence-electron chi connectivity index (χ2n) is 5.11. The standard InChI is InChI=1S/C12H16ClNO2S3/c1-17-10-6-8-2-3-9(7-10)14(8)19(15,16)12-5-4-11(13)18-12/h4-5,8-10H,2-3,6-7H2,1H3. The van der Waals surface area contributed by atoms with Crippen LogP contribution in [-0.2, 0) is 10.0 Å². The Morgan fingerprint density at radius 3 is 2.42 bits per heavy atom. The van der Waals surface area contributed by atoms with Crippen molar-refractivity contribution in [3.63, 3.8) is 0 Å². The maximum Gasteiger partial charge on any atom is 0.253 e. The molecule has 2 aliphatic heterocycles. The molecule has 3 rings (SSSR count). The van der Waals surface area contributed by atoms with E-state index in [0.717, 1.165) is 37.0 Å². The first kappa shape index (κ1) is 14.2. The Labute approximate surface area is 127 Å². The summed E-state index contributed by atoms with van der Waals surface area (Å²) < 4.78 is 28.1. The molecule has 0 saturated carbocycles. The lowest BCUT2D eigenvalue weighted by Gasteiger charge is -2.36. The van der Waals surface area contributed by atoms with E-state index in [4.69, 9.17) is 11.6 Å². The predicted octanol–water partition coefficient (Wildman–Crippen LogP) is 3.45. The molecular formula is C12H16ClNO2S3. The van der Waals surface area contributed by atoms with Gasteiger partial charge in [-0.15, -0.1) is 11.3 Å². The van der Waals surface area contributed by atoms with Gasteiger partial charge in [0.2, 0.25) is 0 Å². The van der Waals surface area contributed by atoms with E-state index in [0.29, 0.717) is 13.8 Å². The molecular weight excluding hydrogens is 322 g/mol. The van der Waals surface area contributed by atoms with Crippen LogP contribution < -0.4 is 0 Å². The maximum absolute atomic E-state index is 12.7. The highest BCUT2D eigenvalue weighted by molar-refractivity contribution is 7.99. The van der Waals surface area contributed by atoms with E-state index in [2.05, 4.69) is 6.26 Å². The van der Waals surface area contributed by atoms with Gasteiger partial charge in [-0.05, 0) is 44.1 Å². The highest BCUT2D eigenvalue weighted by Crippen LogP contribution is 2.43. The van der Waals surface area contributed by atoms with Crippen molar-refractivity contribution in [3.8, 4) is 0 Å². The Bertz CT molecular complexity index is 557. The number of thiophene rings is 1. The lowest BCUT2D eigenvalue weighted by Crippen LogP contribution is -2.46. The van der Waals surface area contributed by atoms with Crippen LogP contribution in [0.3, 0.4) is 0 Å². The average Bonchev–Trinajstić information content (AvgIpc) is 2.92. The van der Waals surface area contributed by atoms with Gasteiger partial charge < -0.3 is 0 Å². The minimum Gasteiger partial charge on any atom is -0.206 e. The molecule has 106 valence electrons. The summed E-state index contributed by atoms with van der Waals surface area (Å²) in [5.41, 5.74) is 0. The van der Waals surface area contributed by atoms with E-state index < -0.39 is 10.0 Å². The van der Waals surface area contributed by atoms with Crippen LogP contribution in [0.5, 0.6) is 0 Å². The molecule has 2 unspecified atom stereocenters. The summed E-state index contributed by atoms with van der Waals surface area (Å²) in [5.74, 6) is 0. The molecule has 19 heavy (non-hydrogen) atoms. The molecule has 0 aromatic carbocycles. The van der Waals surface area contributed by atoms with Gasteiger partial charge in [-0.1, -0.05) is 11.6 Å². The van der Waals surface area contributed by atoms with E-state index in [9.17, 15) is 8.42 Å². The normalized spacial score (nSPS) is 31.8. The van der Waals surface area contributed by atoms with Crippen molar-refractivity contribution in [2.45, 2.75) is 47.2 Å². The van der Waals surface area contributed by atoms with Gasteiger partial charge in [-0.2, -0.15) is 16.1 Å². The van der Waals surface area contributed by atoms with E-state index >= 15 is 0 Å². The zero-order valence-electron chi connectivity index (χ0n) is 10.6. The lowest BCUT2D eigenvalue weighted by molar-refractivity contribution is 0.254. The smallest absolute Gasteiger partial charge is 0.206 e. The number of piperidine rings is 1. The zero-order chi connectivity index (χ0) is 13.6. The fourth-order valence-electron chi connectivity index (χ4n) is 3.21. The van der Waals surface area contributed by atoms with Gasteiger partial charge in [-0.25, -0.2) is 8.42 Å².